The highest BCUT2D eigenvalue weighted by Crippen LogP contribution is 2.63. The number of anilines is 3. The quantitative estimate of drug-likeness (QED) is 0.209. The summed E-state index contributed by atoms with van der Waals surface area (Å²) in [7, 11) is 0. The van der Waals surface area contributed by atoms with Crippen LogP contribution in [0.2, 0.25) is 0 Å². The fourth-order valence-electron chi connectivity index (χ4n) is 6.92. The van der Waals surface area contributed by atoms with Gasteiger partial charge in [0.1, 0.15) is 0 Å². The molecule has 6 aromatic carbocycles. The zero-order chi connectivity index (χ0) is 26.7. The van der Waals surface area contributed by atoms with Gasteiger partial charge in [0, 0.05) is 10.6 Å². The molecule has 1 nitrogen and oxygen atoms in total. The number of para-hydroxylation sites is 3. The monoisotopic (exact) mass is 529 g/mol. The summed E-state index contributed by atoms with van der Waals surface area (Å²) < 4.78 is 0. The standard InChI is InChI=1S/C38H27NS/c1-40-29-22-19-26(20-23-29)27-21-24-31-30-13-5-6-14-32(30)38(35(31)25-27)33-15-7-9-17-36(33)39(28-11-3-2-4-12-28)37-18-10-8-16-34(37)38/h2-25H,1H3. The van der Waals surface area contributed by atoms with E-state index in [1.807, 2.05) is 0 Å². The van der Waals surface area contributed by atoms with Gasteiger partial charge in [-0.1, -0.05) is 103 Å². The van der Waals surface area contributed by atoms with Gasteiger partial charge in [0.2, 0.25) is 0 Å². The van der Waals surface area contributed by atoms with E-state index in [1.54, 1.807) is 11.8 Å². The Bertz CT molecular complexity index is 1840. The van der Waals surface area contributed by atoms with Crippen LogP contribution >= 0.6 is 11.8 Å². The van der Waals surface area contributed by atoms with Crippen LogP contribution in [0.15, 0.2) is 150 Å². The normalized spacial score (nSPS) is 13.9. The number of hydrogen-bond acceptors (Lipinski definition) is 2. The summed E-state index contributed by atoms with van der Waals surface area (Å²) >= 11 is 1.78. The minimum absolute atomic E-state index is 0.417. The number of thioether (sulfide) groups is 1. The summed E-state index contributed by atoms with van der Waals surface area (Å²) in [5, 5.41) is 0. The van der Waals surface area contributed by atoms with Gasteiger partial charge >= 0.3 is 0 Å². The molecule has 2 aliphatic rings. The third-order valence-corrected chi connectivity index (χ3v) is 9.32. The van der Waals surface area contributed by atoms with E-state index < -0.39 is 5.41 Å². The Morgan fingerprint density at radius 1 is 0.475 bits per heavy atom. The molecule has 6 aromatic rings. The topological polar surface area (TPSA) is 3.24 Å². The molecule has 1 heterocycles. The van der Waals surface area contributed by atoms with Crippen molar-refractivity contribution in [3.8, 4) is 22.3 Å². The van der Waals surface area contributed by atoms with Gasteiger partial charge in [0.25, 0.3) is 0 Å². The van der Waals surface area contributed by atoms with E-state index in [1.165, 1.54) is 66.5 Å². The summed E-state index contributed by atoms with van der Waals surface area (Å²) in [5.41, 5.74) is 13.7. The molecule has 0 atom stereocenters. The lowest BCUT2D eigenvalue weighted by Gasteiger charge is -2.45. The van der Waals surface area contributed by atoms with E-state index in [0.29, 0.717) is 0 Å². The van der Waals surface area contributed by atoms with Crippen molar-refractivity contribution in [3.63, 3.8) is 0 Å². The molecule has 1 spiro atoms. The first kappa shape index (κ1) is 23.4. The smallest absolute Gasteiger partial charge is 0.0754 e. The van der Waals surface area contributed by atoms with Crippen LogP contribution in [0.5, 0.6) is 0 Å². The molecule has 0 amide bonds. The van der Waals surface area contributed by atoms with Gasteiger partial charge in [0.15, 0.2) is 0 Å². The molecule has 0 radical (unpaired) electrons. The van der Waals surface area contributed by atoms with Gasteiger partial charge in [-0.2, -0.15) is 0 Å². The van der Waals surface area contributed by atoms with Crippen molar-refractivity contribution in [1.82, 2.24) is 0 Å². The Morgan fingerprint density at radius 3 is 1.70 bits per heavy atom. The Hall–Kier alpha value is -4.53. The molecular weight excluding hydrogens is 502 g/mol. The fraction of sp³-hybridized carbons (Fsp3) is 0.0526. The summed E-state index contributed by atoms with van der Waals surface area (Å²) in [6, 6.07) is 53.8. The van der Waals surface area contributed by atoms with E-state index in [9.17, 15) is 0 Å². The number of nitrogens with zero attached hydrogens (tertiary/aromatic N) is 1. The van der Waals surface area contributed by atoms with Crippen LogP contribution in [0.3, 0.4) is 0 Å². The van der Waals surface area contributed by atoms with Crippen molar-refractivity contribution in [1.29, 1.82) is 0 Å². The van der Waals surface area contributed by atoms with Crippen LogP contribution in [0, 0.1) is 0 Å². The molecule has 0 fully saturated rings. The number of hydrogen-bond donors (Lipinski definition) is 0. The number of benzene rings is 6. The first-order chi connectivity index (χ1) is 19.8. The number of fused-ring (bicyclic) bond motifs is 9. The fourth-order valence-corrected chi connectivity index (χ4v) is 7.33. The second kappa shape index (κ2) is 9.01. The molecule has 1 aliphatic heterocycles. The van der Waals surface area contributed by atoms with Crippen LogP contribution in [0.1, 0.15) is 22.3 Å². The Labute approximate surface area is 239 Å². The maximum Gasteiger partial charge on any atom is 0.0754 e. The van der Waals surface area contributed by atoms with Crippen molar-refractivity contribution in [2.24, 2.45) is 0 Å². The van der Waals surface area contributed by atoms with Gasteiger partial charge in [0.05, 0.1) is 16.8 Å². The second-order valence-corrected chi connectivity index (χ2v) is 11.4. The van der Waals surface area contributed by atoms with E-state index in [0.717, 1.165) is 0 Å². The van der Waals surface area contributed by atoms with Crippen LogP contribution in [0.4, 0.5) is 17.1 Å². The van der Waals surface area contributed by atoms with Crippen LogP contribution in [-0.2, 0) is 5.41 Å². The third kappa shape index (κ3) is 3.17. The molecule has 0 saturated heterocycles. The predicted octanol–water partition coefficient (Wildman–Crippen LogP) is 10.2. The summed E-state index contributed by atoms with van der Waals surface area (Å²) in [6.07, 6.45) is 2.13. The van der Waals surface area contributed by atoms with Gasteiger partial charge < -0.3 is 4.90 Å². The zero-order valence-electron chi connectivity index (χ0n) is 22.2. The van der Waals surface area contributed by atoms with E-state index in [2.05, 4.69) is 157 Å². The van der Waals surface area contributed by atoms with Gasteiger partial charge in [-0.15, -0.1) is 11.8 Å². The molecule has 2 heteroatoms. The van der Waals surface area contributed by atoms with Crippen LogP contribution in [0.25, 0.3) is 22.3 Å². The minimum atomic E-state index is -0.417. The molecule has 8 rings (SSSR count). The zero-order valence-corrected chi connectivity index (χ0v) is 23.0. The van der Waals surface area contributed by atoms with Crippen LogP contribution in [-0.4, -0.2) is 6.26 Å². The average molecular weight is 530 g/mol. The summed E-state index contributed by atoms with van der Waals surface area (Å²) in [4.78, 5) is 3.71. The second-order valence-electron chi connectivity index (χ2n) is 10.5. The van der Waals surface area contributed by atoms with E-state index in [-0.39, 0.29) is 0 Å². The molecule has 0 unspecified atom stereocenters. The molecule has 40 heavy (non-hydrogen) atoms. The Kier molecular flexibility index (Phi) is 5.26. The largest absolute Gasteiger partial charge is 0.310 e. The molecular formula is C38H27NS. The summed E-state index contributed by atoms with van der Waals surface area (Å²) in [5.74, 6) is 0. The molecule has 0 aromatic heterocycles. The highest BCUT2D eigenvalue weighted by atomic mass is 32.2. The van der Waals surface area contributed by atoms with Gasteiger partial charge in [-0.25, -0.2) is 0 Å². The molecule has 190 valence electrons. The van der Waals surface area contributed by atoms with E-state index in [4.69, 9.17) is 0 Å². The van der Waals surface area contributed by atoms with Gasteiger partial charge in [-0.05, 0) is 93.2 Å². The first-order valence-corrected chi connectivity index (χ1v) is 15.0. The number of rotatable bonds is 3. The average Bonchev–Trinajstić information content (AvgIpc) is 3.32. The maximum atomic E-state index is 2.45. The van der Waals surface area contributed by atoms with Crippen molar-refractivity contribution < 1.29 is 0 Å². The Morgan fingerprint density at radius 2 is 1.02 bits per heavy atom. The van der Waals surface area contributed by atoms with Crippen molar-refractivity contribution in [2.75, 3.05) is 11.2 Å². The molecule has 1 aliphatic carbocycles. The van der Waals surface area contributed by atoms with Crippen molar-refractivity contribution >= 4 is 28.8 Å². The minimum Gasteiger partial charge on any atom is -0.310 e. The lowest BCUT2D eigenvalue weighted by Crippen LogP contribution is -2.36. The first-order valence-electron chi connectivity index (χ1n) is 13.7. The van der Waals surface area contributed by atoms with Crippen molar-refractivity contribution in [3.05, 3.63) is 168 Å². The lowest BCUT2D eigenvalue weighted by molar-refractivity contribution is 0.753. The lowest BCUT2D eigenvalue weighted by atomic mass is 9.64. The highest BCUT2D eigenvalue weighted by Gasteiger charge is 2.51. The SMILES string of the molecule is CSc1ccc(-c2ccc3c(c2)C2(c4ccccc4-3)c3ccccc3N(c3ccccc3)c3ccccc32)cc1. The summed E-state index contributed by atoms with van der Waals surface area (Å²) in [6.45, 7) is 0. The highest BCUT2D eigenvalue weighted by molar-refractivity contribution is 7.98. The van der Waals surface area contributed by atoms with E-state index >= 15 is 0 Å². The van der Waals surface area contributed by atoms with Gasteiger partial charge in [-0.3, -0.25) is 0 Å². The molecule has 0 bridgehead atoms. The maximum absolute atomic E-state index is 2.45. The molecule has 0 saturated carbocycles. The third-order valence-electron chi connectivity index (χ3n) is 8.58. The molecule has 0 N–H and O–H groups in total. The van der Waals surface area contributed by atoms with Crippen LogP contribution < -0.4 is 4.90 Å². The predicted molar refractivity (Wildman–Crippen MR) is 169 cm³/mol. The van der Waals surface area contributed by atoms with Crippen molar-refractivity contribution in [2.45, 2.75) is 10.3 Å². The Balaban J connectivity index is 1.47.